The molecule has 6 heteroatoms. The van der Waals surface area contributed by atoms with Crippen molar-refractivity contribution in [1.82, 2.24) is 19.5 Å². The number of para-hydroxylation sites is 3. The molecular weight excluding hydrogens is 797 g/mol. The Bertz CT molecular complexity index is 4250. The smallest absolute Gasteiger partial charge is 0.164 e. The Hall–Kier alpha value is -8.87. The molecule has 14 rings (SSSR count). The molecule has 10 aromatic carbocycles. The van der Waals surface area contributed by atoms with Gasteiger partial charge in [-0.15, -0.1) is 0 Å². The first-order valence-corrected chi connectivity index (χ1v) is 21.8. The maximum atomic E-state index is 6.86. The Morgan fingerprint density at radius 2 is 0.938 bits per heavy atom. The Balaban J connectivity index is 1.01. The molecule has 0 aliphatic rings. The molecule has 0 aliphatic heterocycles. The van der Waals surface area contributed by atoms with Crippen molar-refractivity contribution in [3.05, 3.63) is 206 Å². The van der Waals surface area contributed by atoms with Crippen LogP contribution in [0, 0.1) is 0 Å². The highest BCUT2D eigenvalue weighted by atomic mass is 16.3. The molecule has 0 amide bonds. The second-order valence-electron chi connectivity index (χ2n) is 16.7. The quantitative estimate of drug-likeness (QED) is 0.173. The predicted octanol–water partition coefficient (Wildman–Crippen LogP) is 15.7. The van der Waals surface area contributed by atoms with E-state index in [2.05, 4.69) is 156 Å². The first kappa shape index (κ1) is 35.7. The third-order valence-corrected chi connectivity index (χ3v) is 13.0. The molecule has 4 aromatic heterocycles. The van der Waals surface area contributed by atoms with Crippen molar-refractivity contribution < 1.29 is 8.83 Å². The lowest BCUT2D eigenvalue weighted by molar-refractivity contribution is 0.669. The second-order valence-corrected chi connectivity index (χ2v) is 16.7. The molecule has 0 bridgehead atoms. The molecule has 65 heavy (non-hydrogen) atoms. The first-order chi connectivity index (χ1) is 32.2. The number of aromatic nitrogens is 4. The molecule has 0 saturated heterocycles. The predicted molar refractivity (Wildman–Crippen MR) is 265 cm³/mol. The molecule has 4 heterocycles. The SMILES string of the molecule is c1ccc(-c2nc(-c3cccc(-n4c5ccc6ccccc6c5c5cccc(-c6cccc7c6oc6ccc8ccccc8c67)c54)c3)nc(-c3ccc4c(c3)oc3ccccc34)n2)cc1. The minimum atomic E-state index is 0.568. The number of furan rings is 2. The summed E-state index contributed by atoms with van der Waals surface area (Å²) in [5.74, 6) is 1.74. The van der Waals surface area contributed by atoms with E-state index in [1.807, 2.05) is 54.6 Å². The van der Waals surface area contributed by atoms with Gasteiger partial charge >= 0.3 is 0 Å². The Kier molecular flexibility index (Phi) is 7.59. The summed E-state index contributed by atoms with van der Waals surface area (Å²) in [4.78, 5) is 15.4. The van der Waals surface area contributed by atoms with Crippen LogP contribution in [-0.2, 0) is 0 Å². The summed E-state index contributed by atoms with van der Waals surface area (Å²) in [5.41, 5.74) is 11.3. The van der Waals surface area contributed by atoms with Crippen molar-refractivity contribution in [1.29, 1.82) is 0 Å². The van der Waals surface area contributed by atoms with Gasteiger partial charge < -0.3 is 13.4 Å². The van der Waals surface area contributed by atoms with Crippen molar-refractivity contribution >= 4 is 87.2 Å². The van der Waals surface area contributed by atoms with E-state index >= 15 is 0 Å². The van der Waals surface area contributed by atoms with Crippen LogP contribution in [-0.4, -0.2) is 19.5 Å². The fourth-order valence-corrected chi connectivity index (χ4v) is 10.1. The van der Waals surface area contributed by atoms with Crippen LogP contribution in [0.25, 0.3) is 138 Å². The van der Waals surface area contributed by atoms with E-state index in [1.54, 1.807) is 0 Å². The maximum absolute atomic E-state index is 6.86. The number of rotatable bonds is 5. The molecule has 302 valence electrons. The van der Waals surface area contributed by atoms with Crippen molar-refractivity contribution in [3.8, 4) is 51.0 Å². The number of fused-ring (bicyclic) bond motifs is 13. The minimum absolute atomic E-state index is 0.568. The normalized spacial score (nSPS) is 12.0. The topological polar surface area (TPSA) is 69.9 Å². The van der Waals surface area contributed by atoms with E-state index < -0.39 is 0 Å². The van der Waals surface area contributed by atoms with Gasteiger partial charge in [-0.1, -0.05) is 164 Å². The maximum Gasteiger partial charge on any atom is 0.164 e. The van der Waals surface area contributed by atoms with Crippen molar-refractivity contribution in [3.63, 3.8) is 0 Å². The van der Waals surface area contributed by atoms with Crippen molar-refractivity contribution in [2.45, 2.75) is 0 Å². The highest BCUT2D eigenvalue weighted by Crippen LogP contribution is 2.45. The first-order valence-electron chi connectivity index (χ1n) is 21.8. The molecule has 0 spiro atoms. The molecule has 6 nitrogen and oxygen atoms in total. The van der Waals surface area contributed by atoms with Gasteiger partial charge in [0, 0.05) is 65.8 Å². The summed E-state index contributed by atoms with van der Waals surface area (Å²) in [7, 11) is 0. The summed E-state index contributed by atoms with van der Waals surface area (Å²) in [6.45, 7) is 0. The summed E-state index contributed by atoms with van der Waals surface area (Å²) in [5, 5.41) is 11.5. The van der Waals surface area contributed by atoms with Crippen LogP contribution in [0.4, 0.5) is 0 Å². The molecular formula is C59H34N4O2. The minimum Gasteiger partial charge on any atom is -0.456 e. The van der Waals surface area contributed by atoms with E-state index in [4.69, 9.17) is 23.8 Å². The standard InChI is InChI=1S/C59H34N4O2/c1-2-15-37(16-3-1)57-60-58(62-59(61-57)39-27-30-44-43-21-8-9-26-50(43)64-52(44)34-39)38-17-10-18-40(33-38)63-49-31-28-35-13-4-6-19-41(35)53(49)47-24-11-22-45(55(47)63)46-23-12-25-48-54-42-20-7-5-14-36(42)29-32-51(54)65-56(46)48/h1-34H. The number of hydrogen-bond acceptors (Lipinski definition) is 5. The number of hydrogen-bond donors (Lipinski definition) is 0. The zero-order valence-electron chi connectivity index (χ0n) is 34.7. The van der Waals surface area contributed by atoms with Gasteiger partial charge in [-0.05, 0) is 64.0 Å². The van der Waals surface area contributed by atoms with Gasteiger partial charge in [-0.3, -0.25) is 0 Å². The fourth-order valence-electron chi connectivity index (χ4n) is 10.1. The van der Waals surface area contributed by atoms with Crippen LogP contribution in [0.2, 0.25) is 0 Å². The zero-order chi connectivity index (χ0) is 42.6. The Morgan fingerprint density at radius 3 is 1.75 bits per heavy atom. The van der Waals surface area contributed by atoms with Gasteiger partial charge in [0.15, 0.2) is 17.5 Å². The van der Waals surface area contributed by atoms with Crippen LogP contribution in [0.15, 0.2) is 215 Å². The molecule has 0 aliphatic carbocycles. The van der Waals surface area contributed by atoms with Crippen LogP contribution < -0.4 is 0 Å². The number of benzene rings is 10. The second kappa shape index (κ2) is 13.8. The lowest BCUT2D eigenvalue weighted by Crippen LogP contribution is -2.01. The van der Waals surface area contributed by atoms with Gasteiger partial charge in [-0.25, -0.2) is 15.0 Å². The molecule has 0 fully saturated rings. The third-order valence-electron chi connectivity index (χ3n) is 13.0. The van der Waals surface area contributed by atoms with Crippen LogP contribution >= 0.6 is 0 Å². The fraction of sp³-hybridized carbons (Fsp3) is 0. The zero-order valence-corrected chi connectivity index (χ0v) is 34.7. The summed E-state index contributed by atoms with van der Waals surface area (Å²) >= 11 is 0. The van der Waals surface area contributed by atoms with E-state index in [-0.39, 0.29) is 0 Å². The summed E-state index contributed by atoms with van der Waals surface area (Å²) in [6, 6.07) is 72.1. The average molecular weight is 831 g/mol. The van der Waals surface area contributed by atoms with Crippen LogP contribution in [0.1, 0.15) is 0 Å². The van der Waals surface area contributed by atoms with E-state index in [1.165, 1.54) is 26.9 Å². The Labute approximate surface area is 371 Å². The lowest BCUT2D eigenvalue weighted by Gasteiger charge is -2.14. The van der Waals surface area contributed by atoms with Crippen molar-refractivity contribution in [2.24, 2.45) is 0 Å². The number of nitrogens with zero attached hydrogens (tertiary/aromatic N) is 4. The largest absolute Gasteiger partial charge is 0.456 e. The Morgan fingerprint density at radius 1 is 0.338 bits per heavy atom. The van der Waals surface area contributed by atoms with Crippen LogP contribution in [0.5, 0.6) is 0 Å². The van der Waals surface area contributed by atoms with Gasteiger partial charge in [0.1, 0.15) is 22.3 Å². The van der Waals surface area contributed by atoms with E-state index in [0.717, 1.165) is 93.8 Å². The molecule has 0 N–H and O–H groups in total. The van der Waals surface area contributed by atoms with Gasteiger partial charge in [0.25, 0.3) is 0 Å². The highest BCUT2D eigenvalue weighted by molar-refractivity contribution is 6.25. The molecule has 0 saturated carbocycles. The third kappa shape index (κ3) is 5.44. The highest BCUT2D eigenvalue weighted by Gasteiger charge is 2.23. The molecule has 0 atom stereocenters. The van der Waals surface area contributed by atoms with Gasteiger partial charge in [0.2, 0.25) is 0 Å². The average Bonchev–Trinajstić information content (AvgIpc) is 4.06. The van der Waals surface area contributed by atoms with Gasteiger partial charge in [0.05, 0.1) is 11.0 Å². The molecule has 0 unspecified atom stereocenters. The lowest BCUT2D eigenvalue weighted by atomic mass is 9.97. The van der Waals surface area contributed by atoms with Crippen molar-refractivity contribution in [2.75, 3.05) is 0 Å². The van der Waals surface area contributed by atoms with Crippen LogP contribution in [0.3, 0.4) is 0 Å². The summed E-state index contributed by atoms with van der Waals surface area (Å²) < 4.78 is 15.6. The molecule has 0 radical (unpaired) electrons. The van der Waals surface area contributed by atoms with E-state index in [0.29, 0.717) is 17.5 Å². The monoisotopic (exact) mass is 830 g/mol. The van der Waals surface area contributed by atoms with E-state index in [9.17, 15) is 0 Å². The summed E-state index contributed by atoms with van der Waals surface area (Å²) in [6.07, 6.45) is 0. The van der Waals surface area contributed by atoms with Gasteiger partial charge in [-0.2, -0.15) is 0 Å². The molecule has 14 aromatic rings.